The van der Waals surface area contributed by atoms with Gasteiger partial charge in [0.1, 0.15) is 0 Å². The van der Waals surface area contributed by atoms with Gasteiger partial charge in [-0.2, -0.15) is 0 Å². The molecule has 0 aliphatic heterocycles. The number of rotatable bonds is 14. The summed E-state index contributed by atoms with van der Waals surface area (Å²) >= 11 is 0. The van der Waals surface area contributed by atoms with Gasteiger partial charge in [0.05, 0.1) is 0 Å². The SMILES string of the molecule is CC=C(C)C(=CC)C(=CC)C(=CC)C(=CC)C(=CC)C(=CC)C(=CC)C(=CC)C(=CC)C(=CC)C(=CC)C(=CC)C(=CC)C(N)=CC. The molecule has 0 aromatic carbocycles. The molecule has 0 rings (SSSR count). The quantitative estimate of drug-likeness (QED) is 0.190. The first-order valence-electron chi connectivity index (χ1n) is 17.3. The first-order chi connectivity index (χ1) is 22.6. The van der Waals surface area contributed by atoms with Crippen molar-refractivity contribution in [1.82, 2.24) is 0 Å². The van der Waals surface area contributed by atoms with Gasteiger partial charge in [-0.05, 0) is 183 Å². The van der Waals surface area contributed by atoms with E-state index in [9.17, 15) is 0 Å². The zero-order valence-electron chi connectivity index (χ0n) is 32.7. The van der Waals surface area contributed by atoms with Crippen molar-refractivity contribution in [1.29, 1.82) is 0 Å². The third-order valence-electron chi connectivity index (χ3n) is 8.71. The lowest BCUT2D eigenvalue weighted by molar-refractivity contribution is 1.20. The Morgan fingerprint density at radius 3 is 0.553 bits per heavy atom. The minimum Gasteiger partial charge on any atom is -0.399 e. The average Bonchev–Trinajstić information content (AvgIpc) is 3.10. The summed E-state index contributed by atoms with van der Waals surface area (Å²) in [6, 6.07) is 0. The molecule has 0 bridgehead atoms. The van der Waals surface area contributed by atoms with Crippen LogP contribution < -0.4 is 5.73 Å². The molecule has 0 saturated carbocycles. The Bertz CT molecular complexity index is 1460. The summed E-state index contributed by atoms with van der Waals surface area (Å²) in [4.78, 5) is 0. The second kappa shape index (κ2) is 22.4. The van der Waals surface area contributed by atoms with Crippen LogP contribution in [0.4, 0.5) is 0 Å². The first-order valence-corrected chi connectivity index (χ1v) is 17.3. The van der Waals surface area contributed by atoms with Crippen LogP contribution in [-0.4, -0.2) is 0 Å². The van der Waals surface area contributed by atoms with Gasteiger partial charge in [-0.3, -0.25) is 0 Å². The van der Waals surface area contributed by atoms with E-state index in [0.717, 1.165) is 22.4 Å². The van der Waals surface area contributed by atoms with Gasteiger partial charge in [0, 0.05) is 11.3 Å². The maximum Gasteiger partial charge on any atom is 0.0347 e. The van der Waals surface area contributed by atoms with Crippen molar-refractivity contribution in [3.8, 4) is 0 Å². The molecule has 0 unspecified atom stereocenters. The Kier molecular flexibility index (Phi) is 20.5. The zero-order chi connectivity index (χ0) is 36.3. The third kappa shape index (κ3) is 9.94. The molecule has 0 saturated heterocycles. The summed E-state index contributed by atoms with van der Waals surface area (Å²) in [5.41, 5.74) is 24.0. The van der Waals surface area contributed by atoms with Gasteiger partial charge in [0.2, 0.25) is 0 Å². The van der Waals surface area contributed by atoms with Gasteiger partial charge in [-0.25, -0.2) is 0 Å². The van der Waals surface area contributed by atoms with Crippen LogP contribution in [0.1, 0.15) is 111 Å². The molecule has 0 amide bonds. The Hall–Kier alpha value is -4.10. The predicted octanol–water partition coefficient (Wildman–Crippen LogP) is 14.1. The summed E-state index contributed by atoms with van der Waals surface area (Å²) in [7, 11) is 0. The van der Waals surface area contributed by atoms with Crippen molar-refractivity contribution in [2.75, 3.05) is 0 Å². The number of hydrogen-bond acceptors (Lipinski definition) is 1. The van der Waals surface area contributed by atoms with Crippen LogP contribution in [0.3, 0.4) is 0 Å². The van der Waals surface area contributed by atoms with Crippen molar-refractivity contribution in [2.45, 2.75) is 111 Å². The predicted molar refractivity (Wildman–Crippen MR) is 216 cm³/mol. The van der Waals surface area contributed by atoms with Crippen molar-refractivity contribution in [2.24, 2.45) is 5.73 Å². The van der Waals surface area contributed by atoms with E-state index in [2.05, 4.69) is 189 Å². The van der Waals surface area contributed by atoms with Crippen molar-refractivity contribution < 1.29 is 0 Å². The summed E-state index contributed by atoms with van der Waals surface area (Å²) in [5, 5.41) is 0. The number of nitrogens with two attached hydrogens (primary N) is 1. The fraction of sp³-hybridized carbons (Fsp3) is 0.348. The molecule has 0 aromatic heterocycles. The normalized spacial score (nSPS) is 17.7. The Morgan fingerprint density at radius 1 is 0.234 bits per heavy atom. The topological polar surface area (TPSA) is 26.0 Å². The smallest absolute Gasteiger partial charge is 0.0347 e. The summed E-state index contributed by atoms with van der Waals surface area (Å²) in [6.45, 7) is 33.9. The van der Waals surface area contributed by atoms with Gasteiger partial charge >= 0.3 is 0 Å². The highest BCUT2D eigenvalue weighted by molar-refractivity contribution is 5.76. The molecule has 254 valence electrons. The monoisotopic (exact) mass is 632 g/mol. The maximum atomic E-state index is 6.51. The maximum absolute atomic E-state index is 6.51. The van der Waals surface area contributed by atoms with E-state index < -0.39 is 0 Å². The minimum absolute atomic E-state index is 0.775. The van der Waals surface area contributed by atoms with Crippen LogP contribution in [0.15, 0.2) is 175 Å². The van der Waals surface area contributed by atoms with E-state index >= 15 is 0 Å². The molecular formula is C46H65N. The fourth-order valence-corrected chi connectivity index (χ4v) is 6.40. The van der Waals surface area contributed by atoms with Crippen molar-refractivity contribution in [3.63, 3.8) is 0 Å². The lowest BCUT2D eigenvalue weighted by atomic mass is 9.77. The molecular weight excluding hydrogens is 567 g/mol. The molecule has 0 heterocycles. The minimum atomic E-state index is 0.775. The van der Waals surface area contributed by atoms with Crippen LogP contribution in [0.2, 0.25) is 0 Å². The van der Waals surface area contributed by atoms with Crippen molar-refractivity contribution >= 4 is 0 Å². The van der Waals surface area contributed by atoms with Crippen LogP contribution in [-0.2, 0) is 0 Å². The van der Waals surface area contributed by atoms with E-state index in [0.29, 0.717) is 0 Å². The molecule has 47 heavy (non-hydrogen) atoms. The van der Waals surface area contributed by atoms with Gasteiger partial charge in [0.25, 0.3) is 0 Å². The Morgan fingerprint density at radius 2 is 0.404 bits per heavy atom. The lowest BCUT2D eigenvalue weighted by Gasteiger charge is -2.27. The molecule has 1 nitrogen and oxygen atoms in total. The van der Waals surface area contributed by atoms with Gasteiger partial charge in [-0.1, -0.05) is 91.1 Å². The van der Waals surface area contributed by atoms with E-state index in [4.69, 9.17) is 5.73 Å². The Labute approximate surface area is 290 Å². The third-order valence-corrected chi connectivity index (χ3v) is 8.71. The number of allylic oxidation sites excluding steroid dienone is 28. The second-order valence-corrected chi connectivity index (χ2v) is 10.8. The van der Waals surface area contributed by atoms with Crippen LogP contribution in [0.5, 0.6) is 0 Å². The average molecular weight is 632 g/mol. The molecule has 0 aromatic rings. The van der Waals surface area contributed by atoms with Crippen LogP contribution in [0, 0.1) is 0 Å². The summed E-state index contributed by atoms with van der Waals surface area (Å²) < 4.78 is 0. The Balaban J connectivity index is 7.54. The van der Waals surface area contributed by atoms with E-state index in [1.54, 1.807) is 0 Å². The van der Waals surface area contributed by atoms with Crippen LogP contribution >= 0.6 is 0 Å². The second-order valence-electron chi connectivity index (χ2n) is 10.8. The molecule has 0 aliphatic rings. The largest absolute Gasteiger partial charge is 0.399 e. The van der Waals surface area contributed by atoms with E-state index in [1.165, 1.54) is 61.3 Å². The lowest BCUT2D eigenvalue weighted by Crippen LogP contribution is -2.10. The first kappa shape index (κ1) is 42.9. The van der Waals surface area contributed by atoms with Gasteiger partial charge < -0.3 is 5.73 Å². The van der Waals surface area contributed by atoms with Gasteiger partial charge in [0.15, 0.2) is 0 Å². The molecule has 2 N–H and O–H groups in total. The fourth-order valence-electron chi connectivity index (χ4n) is 6.40. The molecule has 0 atom stereocenters. The highest BCUT2D eigenvalue weighted by Gasteiger charge is 2.25. The molecule has 0 spiro atoms. The zero-order valence-corrected chi connectivity index (χ0v) is 32.7. The highest BCUT2D eigenvalue weighted by atomic mass is 14.6. The van der Waals surface area contributed by atoms with Crippen molar-refractivity contribution in [3.05, 3.63) is 175 Å². The summed E-state index contributed by atoms with van der Waals surface area (Å²) in [5.74, 6) is 0. The molecule has 0 radical (unpaired) electrons. The standard InChI is InChI=1S/C46H65N/c1-17-32(16)33(18-2)34(19-3)35(20-4)36(21-5)37(22-6)38(23-7)39(24-8)40(25-9)41(26-10)42(27-11)43(28-12)44(29-13)45(30-14)46(47)31-15/h17-31H,47H2,1-16H3. The van der Waals surface area contributed by atoms with E-state index in [-0.39, 0.29) is 0 Å². The molecule has 0 fully saturated rings. The van der Waals surface area contributed by atoms with Gasteiger partial charge in [-0.15, -0.1) is 0 Å². The van der Waals surface area contributed by atoms with Crippen LogP contribution in [0.25, 0.3) is 0 Å². The number of hydrogen-bond donors (Lipinski definition) is 1. The molecule has 0 aliphatic carbocycles. The summed E-state index contributed by atoms with van der Waals surface area (Å²) in [6.07, 6.45) is 33.1. The molecule has 1 heteroatoms. The van der Waals surface area contributed by atoms with E-state index in [1.807, 2.05) is 13.0 Å². The highest BCUT2D eigenvalue weighted by Crippen LogP contribution is 2.43.